The number of fused-ring (bicyclic) bond motifs is 3. The maximum absolute atomic E-state index is 13.1. The van der Waals surface area contributed by atoms with Gasteiger partial charge in [-0.1, -0.05) is 0 Å². The van der Waals surface area contributed by atoms with Crippen molar-refractivity contribution in [1.82, 2.24) is 14.0 Å². The van der Waals surface area contributed by atoms with Crippen LogP contribution in [0.1, 0.15) is 5.69 Å². The highest BCUT2D eigenvalue weighted by molar-refractivity contribution is 5.80. The van der Waals surface area contributed by atoms with Gasteiger partial charge in [0.05, 0.1) is 17.5 Å². The molecule has 6 heteroatoms. The lowest BCUT2D eigenvalue weighted by Gasteiger charge is -1.97. The van der Waals surface area contributed by atoms with Gasteiger partial charge in [-0.2, -0.15) is 0 Å². The molecule has 0 amide bonds. The van der Waals surface area contributed by atoms with Crippen molar-refractivity contribution in [2.24, 2.45) is 7.05 Å². The first-order valence-corrected chi connectivity index (χ1v) is 5.40. The second kappa shape index (κ2) is 3.56. The van der Waals surface area contributed by atoms with Crippen LogP contribution in [0.5, 0.6) is 0 Å². The minimum absolute atomic E-state index is 0.0669. The van der Waals surface area contributed by atoms with Gasteiger partial charge in [0.15, 0.2) is 0 Å². The number of hydrogen-bond acceptors (Lipinski definition) is 2. The number of nitrogens with zero attached hydrogens (tertiary/aromatic N) is 3. The summed E-state index contributed by atoms with van der Waals surface area (Å²) in [6, 6.07) is 4.36. The molecule has 3 rings (SSSR count). The number of carboxylic acids is 1. The normalized spacial score (nSPS) is 11.4. The molecule has 0 bridgehead atoms. The number of aliphatic carboxylic acids is 1. The minimum atomic E-state index is -0.894. The fraction of sp³-hybridized carbons (Fsp3) is 0.167. The summed E-state index contributed by atoms with van der Waals surface area (Å²) < 4.78 is 16.6. The van der Waals surface area contributed by atoms with Crippen LogP contribution in [0.4, 0.5) is 4.39 Å². The van der Waals surface area contributed by atoms with Crippen LogP contribution in [0.2, 0.25) is 0 Å². The van der Waals surface area contributed by atoms with E-state index in [-0.39, 0.29) is 12.2 Å². The zero-order chi connectivity index (χ0) is 12.9. The molecule has 0 saturated heterocycles. The third kappa shape index (κ3) is 1.46. The number of imidazole rings is 2. The van der Waals surface area contributed by atoms with E-state index in [1.807, 2.05) is 0 Å². The summed E-state index contributed by atoms with van der Waals surface area (Å²) in [7, 11) is 1.75. The molecule has 0 unspecified atom stereocenters. The predicted molar refractivity (Wildman–Crippen MR) is 63.0 cm³/mol. The number of aryl methyl sites for hydroxylation is 1. The number of benzene rings is 1. The van der Waals surface area contributed by atoms with Crippen molar-refractivity contribution in [2.75, 3.05) is 0 Å². The second-order valence-electron chi connectivity index (χ2n) is 4.16. The van der Waals surface area contributed by atoms with E-state index in [0.29, 0.717) is 17.0 Å². The van der Waals surface area contributed by atoms with E-state index in [1.54, 1.807) is 28.3 Å². The van der Waals surface area contributed by atoms with Gasteiger partial charge in [-0.25, -0.2) is 9.37 Å². The van der Waals surface area contributed by atoms with E-state index in [1.165, 1.54) is 12.1 Å². The van der Waals surface area contributed by atoms with Crippen LogP contribution in [0.3, 0.4) is 0 Å². The highest BCUT2D eigenvalue weighted by Gasteiger charge is 2.13. The van der Waals surface area contributed by atoms with Gasteiger partial charge in [0, 0.05) is 25.0 Å². The van der Waals surface area contributed by atoms with Gasteiger partial charge < -0.3 is 9.67 Å². The van der Waals surface area contributed by atoms with E-state index in [9.17, 15) is 9.18 Å². The quantitative estimate of drug-likeness (QED) is 0.748. The Hall–Kier alpha value is -2.37. The zero-order valence-corrected chi connectivity index (χ0v) is 9.59. The Morgan fingerprint density at radius 2 is 2.28 bits per heavy atom. The lowest BCUT2D eigenvalue weighted by Crippen LogP contribution is -2.05. The molecular weight excluding hydrogens is 237 g/mol. The Balaban J connectivity index is 2.29. The standard InChI is InChI=1S/C12H10FN3O2/c1-15-8(5-11(17)18)6-16-10-3-2-7(13)4-9(10)14-12(15)16/h2-4,6H,5H2,1H3,(H,17,18). The van der Waals surface area contributed by atoms with Gasteiger partial charge in [-0.3, -0.25) is 9.20 Å². The summed E-state index contributed by atoms with van der Waals surface area (Å²) in [6.07, 6.45) is 1.65. The van der Waals surface area contributed by atoms with E-state index in [2.05, 4.69) is 4.98 Å². The van der Waals surface area contributed by atoms with Gasteiger partial charge in [-0.15, -0.1) is 0 Å². The molecule has 18 heavy (non-hydrogen) atoms. The number of carboxylic acid groups (broad SMARTS) is 1. The fourth-order valence-corrected chi connectivity index (χ4v) is 2.11. The Kier molecular flexibility index (Phi) is 2.13. The number of carbonyl (C=O) groups is 1. The van der Waals surface area contributed by atoms with Gasteiger partial charge >= 0.3 is 5.97 Å². The van der Waals surface area contributed by atoms with Gasteiger partial charge in [-0.05, 0) is 12.1 Å². The van der Waals surface area contributed by atoms with E-state index < -0.39 is 5.97 Å². The fourth-order valence-electron chi connectivity index (χ4n) is 2.11. The van der Waals surface area contributed by atoms with Crippen LogP contribution < -0.4 is 0 Å². The largest absolute Gasteiger partial charge is 0.481 e. The second-order valence-corrected chi connectivity index (χ2v) is 4.16. The van der Waals surface area contributed by atoms with Gasteiger partial charge in [0.25, 0.3) is 0 Å². The molecule has 2 heterocycles. The van der Waals surface area contributed by atoms with Crippen molar-refractivity contribution < 1.29 is 14.3 Å². The van der Waals surface area contributed by atoms with Crippen molar-refractivity contribution in [2.45, 2.75) is 6.42 Å². The molecule has 1 N–H and O–H groups in total. The summed E-state index contributed by atoms with van der Waals surface area (Å²) in [6.45, 7) is 0. The number of hydrogen-bond donors (Lipinski definition) is 1. The van der Waals surface area contributed by atoms with E-state index in [0.717, 1.165) is 5.52 Å². The number of rotatable bonds is 2. The Morgan fingerprint density at radius 1 is 1.50 bits per heavy atom. The Bertz CT molecular complexity index is 772. The lowest BCUT2D eigenvalue weighted by molar-refractivity contribution is -0.136. The third-order valence-corrected chi connectivity index (χ3v) is 2.97. The summed E-state index contributed by atoms with van der Waals surface area (Å²) in [4.78, 5) is 15.0. The zero-order valence-electron chi connectivity index (χ0n) is 9.59. The summed E-state index contributed by atoms with van der Waals surface area (Å²) in [5, 5.41) is 8.81. The van der Waals surface area contributed by atoms with Crippen LogP contribution in [0, 0.1) is 5.82 Å². The summed E-state index contributed by atoms with van der Waals surface area (Å²) in [5.41, 5.74) is 1.97. The SMILES string of the molecule is Cn1c(CC(=O)O)cn2c3ccc(F)cc3nc12. The van der Waals surface area contributed by atoms with Crippen LogP contribution in [-0.2, 0) is 18.3 Å². The highest BCUT2D eigenvalue weighted by Crippen LogP contribution is 2.20. The number of aromatic nitrogens is 3. The first-order chi connectivity index (χ1) is 8.56. The van der Waals surface area contributed by atoms with Gasteiger partial charge in [0.1, 0.15) is 5.82 Å². The van der Waals surface area contributed by atoms with Crippen LogP contribution >= 0.6 is 0 Å². The molecule has 0 radical (unpaired) electrons. The molecule has 0 fully saturated rings. The summed E-state index contributed by atoms with van der Waals surface area (Å²) >= 11 is 0. The number of halogens is 1. The first kappa shape index (κ1) is 10.8. The third-order valence-electron chi connectivity index (χ3n) is 2.97. The molecular formula is C12H10FN3O2. The van der Waals surface area contributed by atoms with E-state index >= 15 is 0 Å². The smallest absolute Gasteiger partial charge is 0.309 e. The van der Waals surface area contributed by atoms with Crippen LogP contribution in [0.25, 0.3) is 16.8 Å². The Morgan fingerprint density at radius 3 is 3.00 bits per heavy atom. The topological polar surface area (TPSA) is 59.5 Å². The average molecular weight is 247 g/mol. The molecule has 0 saturated carbocycles. The molecule has 0 aliphatic rings. The van der Waals surface area contributed by atoms with Crippen molar-refractivity contribution in [3.8, 4) is 0 Å². The summed E-state index contributed by atoms with van der Waals surface area (Å²) in [5.74, 6) is -0.627. The average Bonchev–Trinajstić information content (AvgIpc) is 2.77. The van der Waals surface area contributed by atoms with E-state index in [4.69, 9.17) is 5.11 Å². The monoisotopic (exact) mass is 247 g/mol. The van der Waals surface area contributed by atoms with Crippen LogP contribution in [0.15, 0.2) is 24.4 Å². The molecule has 3 aromatic rings. The maximum Gasteiger partial charge on any atom is 0.309 e. The molecule has 0 aliphatic carbocycles. The maximum atomic E-state index is 13.1. The molecule has 0 atom stereocenters. The van der Waals surface area contributed by atoms with Crippen molar-refractivity contribution in [3.63, 3.8) is 0 Å². The minimum Gasteiger partial charge on any atom is -0.481 e. The molecule has 5 nitrogen and oxygen atoms in total. The van der Waals surface area contributed by atoms with Crippen LogP contribution in [-0.4, -0.2) is 25.0 Å². The Labute approximate surface area is 101 Å². The lowest BCUT2D eigenvalue weighted by atomic mass is 10.3. The molecule has 0 spiro atoms. The van der Waals surface area contributed by atoms with Crippen molar-refractivity contribution in [1.29, 1.82) is 0 Å². The predicted octanol–water partition coefficient (Wildman–Crippen LogP) is 1.59. The van der Waals surface area contributed by atoms with Gasteiger partial charge in [0.2, 0.25) is 5.78 Å². The molecule has 2 aromatic heterocycles. The van der Waals surface area contributed by atoms with Crippen molar-refractivity contribution >= 4 is 22.8 Å². The molecule has 92 valence electrons. The molecule has 0 aliphatic heterocycles. The first-order valence-electron chi connectivity index (χ1n) is 5.40. The molecule has 1 aromatic carbocycles. The highest BCUT2D eigenvalue weighted by atomic mass is 19.1. The van der Waals surface area contributed by atoms with Crippen molar-refractivity contribution in [3.05, 3.63) is 35.9 Å².